The van der Waals surface area contributed by atoms with E-state index in [0.717, 1.165) is 5.56 Å². The van der Waals surface area contributed by atoms with Gasteiger partial charge in [-0.15, -0.1) is 0 Å². The fourth-order valence-corrected chi connectivity index (χ4v) is 3.71. The van der Waals surface area contributed by atoms with Gasteiger partial charge < -0.3 is 5.11 Å². The first-order chi connectivity index (χ1) is 15.1. The summed E-state index contributed by atoms with van der Waals surface area (Å²) < 4.78 is 0. The summed E-state index contributed by atoms with van der Waals surface area (Å²) in [4.78, 5) is 31.9. The number of carbonyl (C=O) groups excluding carboxylic acids is 2. The van der Waals surface area contributed by atoms with E-state index in [9.17, 15) is 14.7 Å². The molecule has 1 aromatic heterocycles. The summed E-state index contributed by atoms with van der Waals surface area (Å²) in [6.07, 6.45) is 2.23. The van der Waals surface area contributed by atoms with Gasteiger partial charge >= 0.3 is 0 Å². The molecule has 0 saturated heterocycles. The topological polar surface area (TPSA) is 94.3 Å². The molecule has 4 rings (SSSR count). The van der Waals surface area contributed by atoms with E-state index >= 15 is 0 Å². The molecule has 0 fully saturated rings. The van der Waals surface area contributed by atoms with Crippen molar-refractivity contribution >= 4 is 17.4 Å². The Morgan fingerprint density at radius 2 is 1.74 bits per heavy atom. The molecule has 2 heterocycles. The van der Waals surface area contributed by atoms with Gasteiger partial charge in [-0.1, -0.05) is 36.4 Å². The van der Waals surface area contributed by atoms with Crippen molar-refractivity contribution in [3.63, 3.8) is 0 Å². The molecule has 6 nitrogen and oxygen atoms in total. The van der Waals surface area contributed by atoms with E-state index in [1.165, 1.54) is 4.90 Å². The van der Waals surface area contributed by atoms with Gasteiger partial charge in [0.1, 0.15) is 6.04 Å². The highest BCUT2D eigenvalue weighted by Gasteiger charge is 2.44. The third kappa shape index (κ3) is 3.94. The second-order valence-corrected chi connectivity index (χ2v) is 7.16. The molecule has 152 valence electrons. The van der Waals surface area contributed by atoms with E-state index in [0.29, 0.717) is 23.4 Å². The van der Waals surface area contributed by atoms with E-state index in [2.05, 4.69) is 4.98 Å². The number of rotatable bonds is 6. The van der Waals surface area contributed by atoms with Gasteiger partial charge in [0, 0.05) is 18.3 Å². The maximum absolute atomic E-state index is 13.2. The molecule has 1 atom stereocenters. The third-order valence-corrected chi connectivity index (χ3v) is 5.23. The molecule has 0 saturated carbocycles. The zero-order chi connectivity index (χ0) is 21.8. The second kappa shape index (κ2) is 8.64. The zero-order valence-corrected chi connectivity index (χ0v) is 16.6. The van der Waals surface area contributed by atoms with Crippen molar-refractivity contribution in [2.45, 2.75) is 18.9 Å². The summed E-state index contributed by atoms with van der Waals surface area (Å²) in [7, 11) is 0. The molecule has 1 unspecified atom stereocenters. The molecule has 0 bridgehead atoms. The zero-order valence-electron chi connectivity index (χ0n) is 16.6. The monoisotopic (exact) mass is 409 g/mol. The predicted molar refractivity (Wildman–Crippen MR) is 115 cm³/mol. The number of pyridine rings is 1. The van der Waals surface area contributed by atoms with E-state index in [4.69, 9.17) is 5.26 Å². The molecular formula is C25H19N3O3. The normalized spacial score (nSPS) is 15.8. The number of amides is 1. The van der Waals surface area contributed by atoms with Gasteiger partial charge in [0.05, 0.1) is 22.9 Å². The number of nitriles is 1. The number of hydrogen-bond donors (Lipinski definition) is 1. The highest BCUT2D eigenvalue weighted by atomic mass is 16.3. The fraction of sp³-hybridized carbons (Fsp3) is 0.120. The summed E-state index contributed by atoms with van der Waals surface area (Å²) in [5.41, 5.74) is 2.44. The average molecular weight is 409 g/mol. The summed E-state index contributed by atoms with van der Waals surface area (Å²) in [5, 5.41) is 19.7. The first-order valence-electron chi connectivity index (χ1n) is 9.85. The Labute approximate surface area is 179 Å². The van der Waals surface area contributed by atoms with Crippen LogP contribution in [0.2, 0.25) is 0 Å². The summed E-state index contributed by atoms with van der Waals surface area (Å²) in [6, 6.07) is 22.4. The van der Waals surface area contributed by atoms with Crippen molar-refractivity contribution in [3.8, 4) is 6.07 Å². The molecule has 0 aliphatic carbocycles. The molecule has 3 aromatic rings. The van der Waals surface area contributed by atoms with Crippen molar-refractivity contribution in [3.05, 3.63) is 107 Å². The lowest BCUT2D eigenvalue weighted by Gasteiger charge is -2.26. The molecule has 1 aliphatic heterocycles. The van der Waals surface area contributed by atoms with Crippen LogP contribution in [-0.2, 0) is 16.0 Å². The summed E-state index contributed by atoms with van der Waals surface area (Å²) in [6.45, 7) is 0. The van der Waals surface area contributed by atoms with Gasteiger partial charge in [-0.2, -0.15) is 5.26 Å². The first kappa shape index (κ1) is 20.0. The van der Waals surface area contributed by atoms with Gasteiger partial charge in [-0.05, 0) is 48.4 Å². The lowest BCUT2D eigenvalue weighted by atomic mass is 9.95. The molecule has 31 heavy (non-hydrogen) atoms. The smallest absolute Gasteiger partial charge is 0.294 e. The molecule has 2 aromatic carbocycles. The van der Waals surface area contributed by atoms with E-state index in [1.807, 2.05) is 36.4 Å². The number of benzene rings is 2. The van der Waals surface area contributed by atoms with Crippen molar-refractivity contribution in [1.82, 2.24) is 4.98 Å². The second-order valence-electron chi connectivity index (χ2n) is 7.16. The molecule has 0 spiro atoms. The number of anilines is 1. The number of aryl methyl sites for hydroxylation is 1. The van der Waals surface area contributed by atoms with Crippen molar-refractivity contribution in [2.24, 2.45) is 0 Å². The minimum atomic E-state index is -0.843. The lowest BCUT2D eigenvalue weighted by molar-refractivity contribution is -0.118. The van der Waals surface area contributed by atoms with Crippen LogP contribution < -0.4 is 4.90 Å². The van der Waals surface area contributed by atoms with Crippen LogP contribution in [0.1, 0.15) is 29.3 Å². The van der Waals surface area contributed by atoms with Crippen LogP contribution in [0.4, 0.5) is 5.69 Å². The van der Waals surface area contributed by atoms with Crippen LogP contribution in [0.25, 0.3) is 0 Å². The molecular weight excluding hydrogens is 390 g/mol. The van der Waals surface area contributed by atoms with Gasteiger partial charge in [0.15, 0.2) is 11.5 Å². The van der Waals surface area contributed by atoms with Crippen LogP contribution >= 0.6 is 0 Å². The van der Waals surface area contributed by atoms with Crippen LogP contribution in [-0.4, -0.2) is 21.8 Å². The maximum atomic E-state index is 13.2. The summed E-state index contributed by atoms with van der Waals surface area (Å²) in [5.74, 6) is -1.53. The highest BCUT2D eigenvalue weighted by molar-refractivity contribution is 6.16. The number of nitrogens with zero attached hydrogens (tertiary/aromatic N) is 3. The lowest BCUT2D eigenvalue weighted by Crippen LogP contribution is -2.31. The Kier molecular flexibility index (Phi) is 5.59. The highest BCUT2D eigenvalue weighted by Crippen LogP contribution is 2.40. The van der Waals surface area contributed by atoms with Crippen molar-refractivity contribution in [2.75, 3.05) is 4.90 Å². The first-order valence-corrected chi connectivity index (χ1v) is 9.85. The van der Waals surface area contributed by atoms with Gasteiger partial charge in [-0.25, -0.2) is 0 Å². The Morgan fingerprint density at radius 3 is 2.39 bits per heavy atom. The number of aromatic nitrogens is 1. The minimum absolute atomic E-state index is 0.0454. The van der Waals surface area contributed by atoms with E-state index < -0.39 is 17.7 Å². The minimum Gasteiger partial charge on any atom is -0.503 e. The number of hydrogen-bond acceptors (Lipinski definition) is 5. The maximum Gasteiger partial charge on any atom is 0.294 e. The number of carbonyl (C=O) groups is 2. The van der Waals surface area contributed by atoms with Crippen LogP contribution in [0.15, 0.2) is 90.3 Å². The Hall–Kier alpha value is -4.24. The largest absolute Gasteiger partial charge is 0.503 e. The Morgan fingerprint density at radius 1 is 1.03 bits per heavy atom. The quantitative estimate of drug-likeness (QED) is 0.663. The number of Topliss-reactive ketones (excluding diaryl/α,β-unsaturated/α-hetero) is 1. The summed E-state index contributed by atoms with van der Waals surface area (Å²) >= 11 is 0. The molecule has 1 amide bonds. The molecule has 1 aliphatic rings. The molecule has 0 radical (unpaired) electrons. The van der Waals surface area contributed by atoms with Gasteiger partial charge in [-0.3, -0.25) is 19.5 Å². The number of aliphatic hydroxyl groups excluding tert-OH is 1. The van der Waals surface area contributed by atoms with Crippen molar-refractivity contribution in [1.29, 1.82) is 5.26 Å². The Bertz CT molecular complexity index is 1180. The van der Waals surface area contributed by atoms with Crippen LogP contribution in [0.5, 0.6) is 0 Å². The van der Waals surface area contributed by atoms with Crippen LogP contribution in [0.3, 0.4) is 0 Å². The predicted octanol–water partition coefficient (Wildman–Crippen LogP) is 4.06. The average Bonchev–Trinajstić information content (AvgIpc) is 3.09. The standard InChI is InChI=1S/C25H19N3O3/c26-16-18-9-12-19(13-10-18)28-23(20-8-4-5-15-27-20)22(24(30)25(28)31)21(29)14-11-17-6-2-1-3-7-17/h1-10,12-13,15,23,30H,11,14H2. The van der Waals surface area contributed by atoms with Crippen LogP contribution in [0, 0.1) is 11.3 Å². The fourth-order valence-electron chi connectivity index (χ4n) is 3.71. The number of ketones is 1. The van der Waals surface area contributed by atoms with E-state index in [1.54, 1.807) is 48.7 Å². The van der Waals surface area contributed by atoms with Gasteiger partial charge in [0.25, 0.3) is 5.91 Å². The third-order valence-electron chi connectivity index (χ3n) is 5.23. The molecule has 1 N–H and O–H groups in total. The molecule has 6 heteroatoms. The number of aliphatic hydroxyl groups is 1. The van der Waals surface area contributed by atoms with Gasteiger partial charge in [0.2, 0.25) is 0 Å². The van der Waals surface area contributed by atoms with Crippen molar-refractivity contribution < 1.29 is 14.7 Å². The Balaban J connectivity index is 1.71. The van der Waals surface area contributed by atoms with E-state index in [-0.39, 0.29) is 17.8 Å². The SMILES string of the molecule is N#Cc1ccc(N2C(=O)C(O)=C(C(=O)CCc3ccccc3)C2c2ccccn2)cc1.